The van der Waals surface area contributed by atoms with Crippen LogP contribution in [0, 0.1) is 0 Å². The van der Waals surface area contributed by atoms with Crippen LogP contribution in [0.4, 0.5) is 0 Å². The number of aliphatic hydroxyl groups excluding tert-OH is 1. The van der Waals surface area contributed by atoms with Gasteiger partial charge in [-0.2, -0.15) is 0 Å². The number of hydrogen-bond donors (Lipinski definition) is 1. The molecular weight excluding hydrogens is 596 g/mol. The van der Waals surface area contributed by atoms with Gasteiger partial charge in [0.15, 0.2) is 30.9 Å². The summed E-state index contributed by atoms with van der Waals surface area (Å²) in [6.45, 7) is 5.79. The van der Waals surface area contributed by atoms with Crippen molar-refractivity contribution in [1.29, 1.82) is 0 Å². The third-order valence-corrected chi connectivity index (χ3v) is 7.51. The molecule has 0 aromatic heterocycles. The summed E-state index contributed by atoms with van der Waals surface area (Å²) in [4.78, 5) is 34.6. The third kappa shape index (κ3) is 6.80. The average Bonchev–Trinajstić information content (AvgIpc) is 2.79. The molecule has 35 heavy (non-hydrogen) atoms. The quantitative estimate of drug-likeness (QED) is 0.287. The molecule has 12 heteroatoms. The van der Waals surface area contributed by atoms with Gasteiger partial charge in [0.2, 0.25) is 0 Å². The molecule has 0 amide bonds. The second kappa shape index (κ2) is 12.1. The van der Waals surface area contributed by atoms with E-state index >= 15 is 0 Å². The number of carbonyl (C=O) groups excluding carboxylic acids is 3. The minimum Gasteiger partial charge on any atom is -0.457 e. The molecule has 0 bridgehead atoms. The van der Waals surface area contributed by atoms with Crippen molar-refractivity contribution in [3.63, 3.8) is 0 Å². The van der Waals surface area contributed by atoms with Gasteiger partial charge in [0, 0.05) is 13.8 Å². The first-order valence-electron chi connectivity index (χ1n) is 11.0. The standard InChI is InChI=1S/C23H28Br2O10/c1-10-18(34-21(28)14-8-6-5-7-9-14)19(15(24)22(29)30-10)35-23-16(25)20(33-13(4)27)17(11(2)31-23)32-12(3)26/h5-11,15-20,22-23,29H,1-4H3/t10-,11-,15-,16-,17-,18-,19-,20-,22-,23+/m1/s1. The van der Waals surface area contributed by atoms with Crippen molar-refractivity contribution < 1.29 is 47.9 Å². The van der Waals surface area contributed by atoms with Gasteiger partial charge in [0.25, 0.3) is 0 Å². The van der Waals surface area contributed by atoms with Gasteiger partial charge in [-0.3, -0.25) is 9.59 Å². The maximum atomic E-state index is 12.8. The van der Waals surface area contributed by atoms with Gasteiger partial charge in [0.1, 0.15) is 10.9 Å². The lowest BCUT2D eigenvalue weighted by Gasteiger charge is -2.46. The lowest BCUT2D eigenvalue weighted by Crippen LogP contribution is -2.62. The summed E-state index contributed by atoms with van der Waals surface area (Å²) in [5.41, 5.74) is 0.343. The molecule has 2 saturated heterocycles. The largest absolute Gasteiger partial charge is 0.457 e. The maximum Gasteiger partial charge on any atom is 0.338 e. The molecule has 10 nitrogen and oxygen atoms in total. The maximum absolute atomic E-state index is 12.8. The minimum absolute atomic E-state index is 0.343. The van der Waals surface area contributed by atoms with Crippen LogP contribution >= 0.6 is 31.9 Å². The Balaban J connectivity index is 1.83. The Hall–Kier alpha value is -1.57. The van der Waals surface area contributed by atoms with Crippen LogP contribution in [-0.2, 0) is 38.0 Å². The Bertz CT molecular complexity index is 900. The first-order chi connectivity index (χ1) is 16.5. The summed E-state index contributed by atoms with van der Waals surface area (Å²) in [6.07, 6.45) is -7.35. The highest BCUT2D eigenvalue weighted by Gasteiger charge is 2.52. The molecule has 1 aromatic rings. The van der Waals surface area contributed by atoms with E-state index in [0.29, 0.717) is 5.56 Å². The van der Waals surface area contributed by atoms with Gasteiger partial charge in [-0.25, -0.2) is 4.79 Å². The molecular formula is C23H28Br2O10. The lowest BCUT2D eigenvalue weighted by atomic mass is 9.99. The van der Waals surface area contributed by atoms with Crippen molar-refractivity contribution in [2.45, 2.75) is 86.6 Å². The van der Waals surface area contributed by atoms with Crippen molar-refractivity contribution >= 4 is 49.8 Å². The second-order valence-corrected chi connectivity index (χ2v) is 10.4. The predicted molar refractivity (Wildman–Crippen MR) is 128 cm³/mol. The number of carbonyl (C=O) groups is 3. The van der Waals surface area contributed by atoms with Crippen molar-refractivity contribution in [1.82, 2.24) is 0 Å². The number of alkyl halides is 2. The zero-order valence-electron chi connectivity index (χ0n) is 19.5. The van der Waals surface area contributed by atoms with Crippen LogP contribution in [0.5, 0.6) is 0 Å². The monoisotopic (exact) mass is 622 g/mol. The molecule has 194 valence electrons. The van der Waals surface area contributed by atoms with Crippen molar-refractivity contribution in [2.24, 2.45) is 0 Å². The molecule has 0 aliphatic carbocycles. The number of halogens is 2. The summed E-state index contributed by atoms with van der Waals surface area (Å²) >= 11 is 6.84. The normalized spacial score (nSPS) is 37.2. The van der Waals surface area contributed by atoms with E-state index in [-0.39, 0.29) is 0 Å². The molecule has 0 unspecified atom stereocenters. The van der Waals surface area contributed by atoms with Gasteiger partial charge >= 0.3 is 17.9 Å². The van der Waals surface area contributed by atoms with Crippen molar-refractivity contribution in [3.05, 3.63) is 35.9 Å². The van der Waals surface area contributed by atoms with E-state index in [2.05, 4.69) is 31.9 Å². The molecule has 2 aliphatic rings. The highest BCUT2D eigenvalue weighted by atomic mass is 79.9. The van der Waals surface area contributed by atoms with Gasteiger partial charge in [-0.05, 0) is 26.0 Å². The van der Waals surface area contributed by atoms with Gasteiger partial charge < -0.3 is 33.5 Å². The van der Waals surface area contributed by atoms with Crippen LogP contribution in [0.3, 0.4) is 0 Å². The van der Waals surface area contributed by atoms with Crippen LogP contribution in [0.25, 0.3) is 0 Å². The van der Waals surface area contributed by atoms with E-state index in [1.807, 2.05) is 0 Å². The molecule has 0 saturated carbocycles. The van der Waals surface area contributed by atoms with Crippen LogP contribution in [0.2, 0.25) is 0 Å². The molecule has 2 fully saturated rings. The zero-order valence-corrected chi connectivity index (χ0v) is 22.7. The SMILES string of the molecule is CC(=O)O[C@@H]1[C@@H](Br)[C@H](O[C@@H]2[C@@H](Br)[C@H](O)O[C@H](C)[C@H]2OC(=O)c2ccccc2)O[C@H](C)[C@H]1OC(C)=O. The van der Waals surface area contributed by atoms with Crippen molar-refractivity contribution in [3.8, 4) is 0 Å². The number of esters is 3. The number of benzene rings is 1. The fourth-order valence-corrected chi connectivity index (χ4v) is 5.18. The van der Waals surface area contributed by atoms with E-state index in [1.54, 1.807) is 44.2 Å². The first kappa shape index (κ1) is 28.0. The molecule has 0 spiro atoms. The topological polar surface area (TPSA) is 127 Å². The molecule has 3 rings (SSSR count). The molecule has 0 radical (unpaired) electrons. The van der Waals surface area contributed by atoms with Crippen molar-refractivity contribution in [2.75, 3.05) is 0 Å². The highest BCUT2D eigenvalue weighted by molar-refractivity contribution is 9.09. The Morgan fingerprint density at radius 2 is 1.34 bits per heavy atom. The second-order valence-electron chi connectivity index (χ2n) is 8.31. The predicted octanol–water partition coefficient (Wildman–Crippen LogP) is 2.47. The van der Waals surface area contributed by atoms with Crippen LogP contribution in [-0.4, -0.2) is 81.9 Å². The zero-order chi connectivity index (χ0) is 25.9. The highest BCUT2D eigenvalue weighted by Crippen LogP contribution is 2.36. The van der Waals surface area contributed by atoms with Gasteiger partial charge in [-0.15, -0.1) is 0 Å². The minimum atomic E-state index is -1.26. The summed E-state index contributed by atoms with van der Waals surface area (Å²) in [5, 5.41) is 10.4. The smallest absolute Gasteiger partial charge is 0.338 e. The fraction of sp³-hybridized carbons (Fsp3) is 0.609. The summed E-state index contributed by atoms with van der Waals surface area (Å²) in [7, 11) is 0. The van der Waals surface area contributed by atoms with Crippen LogP contribution in [0.1, 0.15) is 38.1 Å². The Morgan fingerprint density at radius 3 is 1.94 bits per heavy atom. The van der Waals surface area contributed by atoms with E-state index in [9.17, 15) is 19.5 Å². The average molecular weight is 624 g/mol. The first-order valence-corrected chi connectivity index (χ1v) is 12.9. The van der Waals surface area contributed by atoms with Crippen LogP contribution < -0.4 is 0 Å². The van der Waals surface area contributed by atoms with E-state index < -0.39 is 76.8 Å². The summed E-state index contributed by atoms with van der Waals surface area (Å²) in [6, 6.07) is 8.44. The molecule has 1 N–H and O–H groups in total. The van der Waals surface area contributed by atoms with E-state index in [4.69, 9.17) is 28.4 Å². The Morgan fingerprint density at radius 1 is 0.800 bits per heavy atom. The summed E-state index contributed by atoms with van der Waals surface area (Å²) < 4.78 is 34.2. The fourth-order valence-electron chi connectivity index (χ4n) is 3.97. The Kier molecular flexibility index (Phi) is 9.69. The number of aliphatic hydroxyl groups is 1. The number of hydrogen-bond acceptors (Lipinski definition) is 10. The van der Waals surface area contributed by atoms with Gasteiger partial charge in [-0.1, -0.05) is 50.1 Å². The Labute approximate surface area is 219 Å². The number of rotatable bonds is 6. The number of ether oxygens (including phenoxy) is 6. The molecule has 10 atom stereocenters. The molecule has 1 aromatic carbocycles. The third-order valence-electron chi connectivity index (χ3n) is 5.58. The van der Waals surface area contributed by atoms with E-state index in [0.717, 1.165) is 0 Å². The van der Waals surface area contributed by atoms with Gasteiger partial charge in [0.05, 0.1) is 22.6 Å². The molecule has 2 aliphatic heterocycles. The van der Waals surface area contributed by atoms with Crippen LogP contribution in [0.15, 0.2) is 30.3 Å². The van der Waals surface area contributed by atoms with E-state index in [1.165, 1.54) is 13.8 Å². The lowest BCUT2D eigenvalue weighted by molar-refractivity contribution is -0.295. The summed E-state index contributed by atoms with van der Waals surface area (Å²) in [5.74, 6) is -1.72. The molecule has 2 heterocycles.